The molecule has 0 spiro atoms. The van der Waals surface area contributed by atoms with E-state index >= 15 is 0 Å². The molecule has 8 aromatic rings. The third-order valence-electron chi connectivity index (χ3n) is 7.58. The lowest BCUT2D eigenvalue weighted by Gasteiger charge is -2.15. The minimum atomic E-state index is 0.672. The molecule has 0 saturated heterocycles. The first-order valence-corrected chi connectivity index (χ1v) is 13.2. The molecule has 6 aromatic carbocycles. The van der Waals surface area contributed by atoms with Crippen molar-refractivity contribution in [2.45, 2.75) is 0 Å². The Morgan fingerprint density at radius 1 is 0.462 bits per heavy atom. The molecule has 0 amide bonds. The van der Waals surface area contributed by atoms with Gasteiger partial charge in [-0.05, 0) is 34.5 Å². The first-order chi connectivity index (χ1) is 19.4. The van der Waals surface area contributed by atoms with Gasteiger partial charge >= 0.3 is 0 Å². The van der Waals surface area contributed by atoms with Gasteiger partial charge in [0.15, 0.2) is 0 Å². The van der Waals surface area contributed by atoms with Gasteiger partial charge in [0.2, 0.25) is 5.95 Å². The predicted octanol–water partition coefficient (Wildman–Crippen LogP) is 9.21. The van der Waals surface area contributed by atoms with E-state index in [1.54, 1.807) is 0 Å². The molecule has 3 heteroatoms. The van der Waals surface area contributed by atoms with Crippen molar-refractivity contribution in [3.05, 3.63) is 140 Å². The van der Waals surface area contributed by atoms with Crippen LogP contribution < -0.4 is 0 Å². The predicted molar refractivity (Wildman–Crippen MR) is 162 cm³/mol. The minimum absolute atomic E-state index is 0.672. The van der Waals surface area contributed by atoms with Crippen molar-refractivity contribution < 1.29 is 0 Å². The topological polar surface area (TPSA) is 30.7 Å². The zero-order chi connectivity index (χ0) is 25.8. The summed E-state index contributed by atoms with van der Waals surface area (Å²) in [4.78, 5) is 10.5. The average molecular weight is 498 g/mol. The van der Waals surface area contributed by atoms with Crippen molar-refractivity contribution in [3.8, 4) is 28.3 Å². The second-order valence-corrected chi connectivity index (χ2v) is 9.84. The van der Waals surface area contributed by atoms with Crippen LogP contribution in [0.4, 0.5) is 0 Å². The summed E-state index contributed by atoms with van der Waals surface area (Å²) >= 11 is 0. The van der Waals surface area contributed by atoms with Crippen molar-refractivity contribution in [3.63, 3.8) is 0 Å². The Labute approximate surface area is 225 Å². The molecule has 0 aliphatic carbocycles. The van der Waals surface area contributed by atoms with E-state index in [0.29, 0.717) is 5.95 Å². The van der Waals surface area contributed by atoms with Gasteiger partial charge in [-0.15, -0.1) is 0 Å². The maximum atomic E-state index is 5.28. The molecule has 0 fully saturated rings. The number of fused-ring (bicyclic) bond motifs is 5. The Morgan fingerprint density at radius 2 is 1.08 bits per heavy atom. The highest BCUT2D eigenvalue weighted by Crippen LogP contribution is 2.42. The average Bonchev–Trinajstić information content (AvgIpc) is 3.34. The molecule has 3 nitrogen and oxygen atoms in total. The van der Waals surface area contributed by atoms with Crippen molar-refractivity contribution >= 4 is 43.5 Å². The van der Waals surface area contributed by atoms with E-state index in [1.165, 1.54) is 32.7 Å². The quantitative estimate of drug-likeness (QED) is 0.244. The Bertz CT molecular complexity index is 2160. The van der Waals surface area contributed by atoms with E-state index in [0.717, 1.165) is 33.2 Å². The van der Waals surface area contributed by atoms with Crippen LogP contribution in [0.2, 0.25) is 0 Å². The molecule has 8 rings (SSSR count). The van der Waals surface area contributed by atoms with Gasteiger partial charge < -0.3 is 0 Å². The Morgan fingerprint density at radius 3 is 1.87 bits per heavy atom. The molecule has 2 aromatic heterocycles. The van der Waals surface area contributed by atoms with Gasteiger partial charge in [-0.2, -0.15) is 0 Å². The molecule has 0 radical (unpaired) electrons. The molecule has 0 atom stereocenters. The van der Waals surface area contributed by atoms with Gasteiger partial charge in [0.1, 0.15) is 0 Å². The number of aromatic nitrogens is 3. The summed E-state index contributed by atoms with van der Waals surface area (Å²) < 4.78 is 2.26. The highest BCUT2D eigenvalue weighted by atomic mass is 15.2. The highest BCUT2D eigenvalue weighted by Gasteiger charge is 2.21. The van der Waals surface area contributed by atoms with Gasteiger partial charge in [0.05, 0.1) is 22.2 Å². The van der Waals surface area contributed by atoms with Gasteiger partial charge in [0.25, 0.3) is 0 Å². The van der Waals surface area contributed by atoms with Crippen LogP contribution in [0.15, 0.2) is 140 Å². The van der Waals surface area contributed by atoms with E-state index in [9.17, 15) is 0 Å². The minimum Gasteiger partial charge on any atom is -0.277 e. The van der Waals surface area contributed by atoms with Gasteiger partial charge in [0, 0.05) is 27.3 Å². The van der Waals surface area contributed by atoms with Crippen LogP contribution in [0.1, 0.15) is 0 Å². The van der Waals surface area contributed by atoms with Gasteiger partial charge in [-0.25, -0.2) is 9.97 Å². The maximum absolute atomic E-state index is 5.28. The standard InChI is InChI=1S/C36H23N3/c1-3-13-24(14-4-1)33-27-18-8-7-17-26(27)23-30-28-19-10-12-22-32(28)39(35(30)33)36-37-31-21-11-9-20-29(31)34(38-36)25-15-5-2-6-16-25/h1-23H. The third kappa shape index (κ3) is 3.37. The Hall–Kier alpha value is -5.28. The van der Waals surface area contributed by atoms with Crippen molar-refractivity contribution in [1.29, 1.82) is 0 Å². The Kier molecular flexibility index (Phi) is 4.82. The molecule has 182 valence electrons. The van der Waals surface area contributed by atoms with Crippen LogP contribution in [0.3, 0.4) is 0 Å². The van der Waals surface area contributed by atoms with E-state index < -0.39 is 0 Å². The lowest BCUT2D eigenvalue weighted by Crippen LogP contribution is -2.04. The first-order valence-electron chi connectivity index (χ1n) is 13.2. The van der Waals surface area contributed by atoms with E-state index in [4.69, 9.17) is 9.97 Å². The summed E-state index contributed by atoms with van der Waals surface area (Å²) in [5.41, 5.74) is 7.51. The zero-order valence-electron chi connectivity index (χ0n) is 21.1. The molecular formula is C36H23N3. The summed E-state index contributed by atoms with van der Waals surface area (Å²) in [7, 11) is 0. The van der Waals surface area contributed by atoms with Crippen LogP contribution >= 0.6 is 0 Å². The number of rotatable bonds is 3. The molecule has 2 heterocycles. The smallest absolute Gasteiger partial charge is 0.235 e. The molecule has 0 bridgehead atoms. The van der Waals surface area contributed by atoms with Crippen molar-refractivity contribution in [2.24, 2.45) is 0 Å². The fourth-order valence-electron chi connectivity index (χ4n) is 5.88. The van der Waals surface area contributed by atoms with Crippen LogP contribution in [-0.4, -0.2) is 14.5 Å². The number of hydrogen-bond donors (Lipinski definition) is 0. The second kappa shape index (κ2) is 8.64. The molecule has 0 saturated carbocycles. The molecule has 0 aliphatic heterocycles. The van der Waals surface area contributed by atoms with E-state index in [2.05, 4.69) is 132 Å². The SMILES string of the molecule is c1ccc(-c2nc(-n3c4ccccc4c4cc5ccccc5c(-c5ccccc5)c43)nc3ccccc23)cc1. The molecule has 0 N–H and O–H groups in total. The monoisotopic (exact) mass is 497 g/mol. The van der Waals surface area contributed by atoms with E-state index in [1.807, 2.05) is 12.1 Å². The number of nitrogens with zero attached hydrogens (tertiary/aromatic N) is 3. The first kappa shape index (κ1) is 21.8. The zero-order valence-corrected chi connectivity index (χ0v) is 21.1. The largest absolute Gasteiger partial charge is 0.277 e. The number of hydrogen-bond acceptors (Lipinski definition) is 2. The summed E-state index contributed by atoms with van der Waals surface area (Å²) in [6, 6.07) is 48.9. The van der Waals surface area contributed by atoms with Crippen LogP contribution in [0.25, 0.3) is 71.8 Å². The third-order valence-corrected chi connectivity index (χ3v) is 7.58. The maximum Gasteiger partial charge on any atom is 0.235 e. The van der Waals surface area contributed by atoms with Gasteiger partial charge in [-0.1, -0.05) is 121 Å². The number of para-hydroxylation sites is 2. The lowest BCUT2D eigenvalue weighted by atomic mass is 9.95. The summed E-state index contributed by atoms with van der Waals surface area (Å²) in [6.45, 7) is 0. The van der Waals surface area contributed by atoms with Crippen molar-refractivity contribution in [2.75, 3.05) is 0 Å². The van der Waals surface area contributed by atoms with Crippen molar-refractivity contribution in [1.82, 2.24) is 14.5 Å². The number of benzene rings is 6. The summed E-state index contributed by atoms with van der Waals surface area (Å²) in [6.07, 6.45) is 0. The fourth-order valence-corrected chi connectivity index (χ4v) is 5.88. The van der Waals surface area contributed by atoms with Crippen LogP contribution in [-0.2, 0) is 0 Å². The van der Waals surface area contributed by atoms with Gasteiger partial charge in [-0.3, -0.25) is 4.57 Å². The normalized spacial score (nSPS) is 11.6. The molecule has 0 aliphatic rings. The molecule has 0 unspecified atom stereocenters. The Balaban J connectivity index is 1.58. The summed E-state index contributed by atoms with van der Waals surface area (Å²) in [5, 5.41) is 5.86. The molecular weight excluding hydrogens is 474 g/mol. The summed E-state index contributed by atoms with van der Waals surface area (Å²) in [5.74, 6) is 0.672. The van der Waals surface area contributed by atoms with E-state index in [-0.39, 0.29) is 0 Å². The fraction of sp³-hybridized carbons (Fsp3) is 0. The van der Waals surface area contributed by atoms with Crippen LogP contribution in [0, 0.1) is 0 Å². The molecule has 39 heavy (non-hydrogen) atoms. The lowest BCUT2D eigenvalue weighted by molar-refractivity contribution is 1.01. The highest BCUT2D eigenvalue weighted by molar-refractivity contribution is 6.21. The van der Waals surface area contributed by atoms with Crippen LogP contribution in [0.5, 0.6) is 0 Å². The second-order valence-electron chi connectivity index (χ2n) is 9.84.